The van der Waals surface area contributed by atoms with Gasteiger partial charge in [-0.05, 0) is 31.5 Å². The third kappa shape index (κ3) is 4.45. The molecule has 0 aliphatic rings. The van der Waals surface area contributed by atoms with Gasteiger partial charge in [-0.15, -0.1) is 0 Å². The van der Waals surface area contributed by atoms with E-state index in [0.717, 1.165) is 5.56 Å². The molecule has 2 aromatic carbocycles. The molecule has 2 rings (SSSR count). The number of carbonyl (C=O) groups is 2. The molecule has 0 saturated heterocycles. The van der Waals surface area contributed by atoms with Crippen molar-refractivity contribution in [2.75, 3.05) is 6.61 Å². The van der Waals surface area contributed by atoms with E-state index in [0.29, 0.717) is 11.3 Å². The molecule has 0 N–H and O–H groups in total. The maximum atomic E-state index is 12.1. The number of Topliss-reactive ketones (excluding diaryl/α,β-unsaturated/α-hetero) is 1. The first-order valence-electron chi connectivity index (χ1n) is 7.04. The predicted octanol–water partition coefficient (Wildman–Crippen LogP) is 3.19. The Morgan fingerprint density at radius 3 is 2.45 bits per heavy atom. The lowest BCUT2D eigenvalue weighted by atomic mass is 10.1. The van der Waals surface area contributed by atoms with Gasteiger partial charge in [0.05, 0.1) is 0 Å². The van der Waals surface area contributed by atoms with Gasteiger partial charge in [0, 0.05) is 5.56 Å². The van der Waals surface area contributed by atoms with Crippen LogP contribution in [0.25, 0.3) is 0 Å². The van der Waals surface area contributed by atoms with E-state index in [4.69, 9.17) is 9.47 Å². The van der Waals surface area contributed by atoms with Crippen molar-refractivity contribution in [1.29, 1.82) is 0 Å². The maximum Gasteiger partial charge on any atom is 0.344 e. The number of benzene rings is 2. The summed E-state index contributed by atoms with van der Waals surface area (Å²) >= 11 is 0. The molecule has 0 bridgehead atoms. The molecule has 0 aliphatic carbocycles. The number of hydrogen-bond acceptors (Lipinski definition) is 4. The molecule has 2 aromatic rings. The monoisotopic (exact) mass is 298 g/mol. The molecule has 22 heavy (non-hydrogen) atoms. The van der Waals surface area contributed by atoms with Gasteiger partial charge in [0.15, 0.2) is 12.7 Å². The van der Waals surface area contributed by atoms with E-state index >= 15 is 0 Å². The number of ketones is 1. The van der Waals surface area contributed by atoms with Crippen molar-refractivity contribution in [2.45, 2.75) is 20.0 Å². The zero-order valence-corrected chi connectivity index (χ0v) is 12.6. The Morgan fingerprint density at radius 1 is 1.05 bits per heavy atom. The Hall–Kier alpha value is -2.62. The van der Waals surface area contributed by atoms with Gasteiger partial charge in [0.25, 0.3) is 0 Å². The number of carbonyl (C=O) groups excluding carboxylic acids is 2. The Bertz CT molecular complexity index is 649. The van der Waals surface area contributed by atoms with E-state index in [1.807, 2.05) is 31.2 Å². The molecule has 1 unspecified atom stereocenters. The number of esters is 1. The molecule has 4 heteroatoms. The lowest BCUT2D eigenvalue weighted by molar-refractivity contribution is -0.148. The van der Waals surface area contributed by atoms with Crippen molar-refractivity contribution in [2.24, 2.45) is 0 Å². The molecule has 0 aromatic heterocycles. The van der Waals surface area contributed by atoms with Crippen LogP contribution in [-0.4, -0.2) is 24.5 Å². The topological polar surface area (TPSA) is 52.6 Å². The van der Waals surface area contributed by atoms with Crippen molar-refractivity contribution >= 4 is 11.8 Å². The number of ether oxygens (including phenoxy) is 2. The molecule has 0 fully saturated rings. The number of aryl methyl sites for hydroxylation is 1. The minimum atomic E-state index is -0.837. The summed E-state index contributed by atoms with van der Waals surface area (Å²) in [6.45, 7) is 3.27. The van der Waals surface area contributed by atoms with Crippen molar-refractivity contribution in [3.63, 3.8) is 0 Å². The maximum absolute atomic E-state index is 12.1. The van der Waals surface area contributed by atoms with Crippen LogP contribution >= 0.6 is 0 Å². The lowest BCUT2D eigenvalue weighted by Crippen LogP contribution is -2.27. The van der Waals surface area contributed by atoms with Gasteiger partial charge in [0.2, 0.25) is 5.78 Å². The van der Waals surface area contributed by atoms with E-state index in [1.165, 1.54) is 0 Å². The molecule has 0 heterocycles. The van der Waals surface area contributed by atoms with Crippen molar-refractivity contribution < 1.29 is 19.1 Å². The zero-order valence-electron chi connectivity index (χ0n) is 12.6. The quantitative estimate of drug-likeness (QED) is 0.607. The molecule has 4 nitrogen and oxygen atoms in total. The van der Waals surface area contributed by atoms with Gasteiger partial charge in [-0.2, -0.15) is 0 Å². The van der Waals surface area contributed by atoms with Gasteiger partial charge in [-0.25, -0.2) is 4.79 Å². The van der Waals surface area contributed by atoms with Crippen LogP contribution in [0.3, 0.4) is 0 Å². The van der Waals surface area contributed by atoms with Crippen LogP contribution in [0.15, 0.2) is 54.6 Å². The first-order valence-corrected chi connectivity index (χ1v) is 7.04. The fraction of sp³-hybridized carbons (Fsp3) is 0.222. The largest absolute Gasteiger partial charge is 0.482 e. The second-order valence-electron chi connectivity index (χ2n) is 4.97. The molecule has 0 amide bonds. The third-order valence-corrected chi connectivity index (χ3v) is 3.08. The summed E-state index contributed by atoms with van der Waals surface area (Å²) in [6, 6.07) is 16.1. The van der Waals surface area contributed by atoms with Gasteiger partial charge in [-0.3, -0.25) is 4.79 Å². The SMILES string of the molecule is Cc1cccc(OCC(=O)OC(C)C(=O)c2ccccc2)c1. The van der Waals surface area contributed by atoms with Crippen molar-refractivity contribution in [1.82, 2.24) is 0 Å². The minimum Gasteiger partial charge on any atom is -0.482 e. The van der Waals surface area contributed by atoms with Crippen molar-refractivity contribution in [3.8, 4) is 5.75 Å². The summed E-state index contributed by atoms with van der Waals surface area (Å²) in [4.78, 5) is 23.8. The second kappa shape index (κ2) is 7.41. The van der Waals surface area contributed by atoms with Gasteiger partial charge in [0.1, 0.15) is 5.75 Å². The first kappa shape index (κ1) is 15.8. The van der Waals surface area contributed by atoms with Gasteiger partial charge in [-0.1, -0.05) is 42.5 Å². The van der Waals surface area contributed by atoms with E-state index < -0.39 is 12.1 Å². The van der Waals surface area contributed by atoms with Crippen LogP contribution in [0.2, 0.25) is 0 Å². The van der Waals surface area contributed by atoms with E-state index in [2.05, 4.69) is 0 Å². The normalized spacial score (nSPS) is 11.5. The summed E-state index contributed by atoms with van der Waals surface area (Å²) in [5, 5.41) is 0. The summed E-state index contributed by atoms with van der Waals surface area (Å²) < 4.78 is 10.5. The first-order chi connectivity index (χ1) is 10.6. The van der Waals surface area contributed by atoms with E-state index in [-0.39, 0.29) is 12.4 Å². The van der Waals surface area contributed by atoms with Crippen molar-refractivity contribution in [3.05, 3.63) is 65.7 Å². The Labute approximate surface area is 129 Å². The Kier molecular flexibility index (Phi) is 5.31. The molecule has 1 atom stereocenters. The number of rotatable bonds is 6. The summed E-state index contributed by atoms with van der Waals surface area (Å²) in [7, 11) is 0. The summed E-state index contributed by atoms with van der Waals surface area (Å²) in [5.74, 6) is -0.207. The number of hydrogen-bond donors (Lipinski definition) is 0. The van der Waals surface area contributed by atoms with Crippen LogP contribution in [0.5, 0.6) is 5.75 Å². The minimum absolute atomic E-state index is 0.226. The standard InChI is InChI=1S/C18H18O4/c1-13-7-6-10-16(11-13)21-12-17(19)22-14(2)18(20)15-8-4-3-5-9-15/h3-11,14H,12H2,1-2H3. The highest BCUT2D eigenvalue weighted by atomic mass is 16.6. The van der Waals surface area contributed by atoms with Crippen LogP contribution in [0, 0.1) is 6.92 Å². The highest BCUT2D eigenvalue weighted by molar-refractivity contribution is 6.00. The average molecular weight is 298 g/mol. The zero-order chi connectivity index (χ0) is 15.9. The summed E-state index contributed by atoms with van der Waals surface area (Å²) in [5.41, 5.74) is 1.56. The molecule has 0 aliphatic heterocycles. The lowest BCUT2D eigenvalue weighted by Gasteiger charge is -2.13. The van der Waals surface area contributed by atoms with E-state index in [9.17, 15) is 9.59 Å². The summed E-state index contributed by atoms with van der Waals surface area (Å²) in [6.07, 6.45) is -0.837. The second-order valence-corrected chi connectivity index (χ2v) is 4.97. The van der Waals surface area contributed by atoms with Crippen LogP contribution in [0.4, 0.5) is 0 Å². The Morgan fingerprint density at radius 2 is 1.77 bits per heavy atom. The highest BCUT2D eigenvalue weighted by Crippen LogP contribution is 2.12. The molecular formula is C18H18O4. The Balaban J connectivity index is 1.85. The highest BCUT2D eigenvalue weighted by Gasteiger charge is 2.19. The van der Waals surface area contributed by atoms with Crippen LogP contribution in [0.1, 0.15) is 22.8 Å². The fourth-order valence-electron chi connectivity index (χ4n) is 1.97. The molecule has 114 valence electrons. The molecule has 0 saturated carbocycles. The smallest absolute Gasteiger partial charge is 0.344 e. The van der Waals surface area contributed by atoms with E-state index in [1.54, 1.807) is 37.3 Å². The van der Waals surface area contributed by atoms with Crippen LogP contribution in [-0.2, 0) is 9.53 Å². The van der Waals surface area contributed by atoms with Crippen LogP contribution < -0.4 is 4.74 Å². The molecular weight excluding hydrogens is 280 g/mol. The van der Waals surface area contributed by atoms with Gasteiger partial charge >= 0.3 is 5.97 Å². The molecule has 0 radical (unpaired) electrons. The fourth-order valence-corrected chi connectivity index (χ4v) is 1.97. The molecule has 0 spiro atoms. The van der Waals surface area contributed by atoms with Gasteiger partial charge < -0.3 is 9.47 Å². The predicted molar refractivity (Wildman–Crippen MR) is 83.0 cm³/mol. The third-order valence-electron chi connectivity index (χ3n) is 3.08. The average Bonchev–Trinajstić information content (AvgIpc) is 2.53.